The van der Waals surface area contributed by atoms with Crippen LogP contribution in [0.4, 0.5) is 10.5 Å². The molecule has 142 valence electrons. The standard InChI is InChI=1S/C19H13BrN2O6/c1-26-14-8-16-15(27-9-28-16)6-10(14)5-13-17(23)21-19(25)22(18(13)24)12-4-2-3-11(20)7-12/h2-8H,9H2,1H3,(H,21,23,25)/b13-5+. The number of anilines is 1. The van der Waals surface area contributed by atoms with Crippen molar-refractivity contribution in [1.29, 1.82) is 0 Å². The van der Waals surface area contributed by atoms with Gasteiger partial charge in [-0.15, -0.1) is 0 Å². The van der Waals surface area contributed by atoms with E-state index in [0.29, 0.717) is 33.0 Å². The molecular formula is C19H13BrN2O6. The summed E-state index contributed by atoms with van der Waals surface area (Å²) in [6.07, 6.45) is 1.36. The van der Waals surface area contributed by atoms with Gasteiger partial charge in [-0.3, -0.25) is 14.9 Å². The Morgan fingerprint density at radius 2 is 1.89 bits per heavy atom. The highest BCUT2D eigenvalue weighted by molar-refractivity contribution is 9.10. The van der Waals surface area contributed by atoms with E-state index in [0.717, 1.165) is 4.90 Å². The fraction of sp³-hybridized carbons (Fsp3) is 0.105. The third kappa shape index (κ3) is 3.09. The highest BCUT2D eigenvalue weighted by Crippen LogP contribution is 2.39. The number of methoxy groups -OCH3 is 1. The Bertz CT molecular complexity index is 1050. The smallest absolute Gasteiger partial charge is 0.335 e. The lowest BCUT2D eigenvalue weighted by atomic mass is 10.1. The fourth-order valence-corrected chi connectivity index (χ4v) is 3.28. The van der Waals surface area contributed by atoms with E-state index in [1.54, 1.807) is 36.4 Å². The second-order valence-corrected chi connectivity index (χ2v) is 6.80. The van der Waals surface area contributed by atoms with Crippen LogP contribution in [0.2, 0.25) is 0 Å². The number of rotatable bonds is 3. The van der Waals surface area contributed by atoms with Gasteiger partial charge in [0.1, 0.15) is 11.3 Å². The summed E-state index contributed by atoms with van der Waals surface area (Å²) in [6.45, 7) is 0.0725. The summed E-state index contributed by atoms with van der Waals surface area (Å²) in [5.41, 5.74) is 0.554. The molecule has 1 saturated heterocycles. The van der Waals surface area contributed by atoms with Gasteiger partial charge in [0.05, 0.1) is 12.8 Å². The number of ether oxygens (including phenoxy) is 3. The molecule has 4 amide bonds. The molecule has 0 saturated carbocycles. The Kier molecular flexibility index (Phi) is 4.52. The minimum atomic E-state index is -0.817. The van der Waals surface area contributed by atoms with Gasteiger partial charge in [-0.1, -0.05) is 22.0 Å². The normalized spacial score (nSPS) is 17.1. The number of barbiturate groups is 1. The molecule has 2 heterocycles. The SMILES string of the molecule is COc1cc2c(cc1/C=C1\C(=O)NC(=O)N(c3cccc(Br)c3)C1=O)OCO2. The van der Waals surface area contributed by atoms with E-state index < -0.39 is 17.8 Å². The fourth-order valence-electron chi connectivity index (χ4n) is 2.89. The second-order valence-electron chi connectivity index (χ2n) is 5.89. The predicted molar refractivity (Wildman–Crippen MR) is 102 cm³/mol. The number of nitrogens with one attached hydrogen (secondary N) is 1. The number of amides is 4. The Hall–Kier alpha value is -3.33. The van der Waals surface area contributed by atoms with E-state index in [1.165, 1.54) is 13.2 Å². The molecular weight excluding hydrogens is 432 g/mol. The van der Waals surface area contributed by atoms with Crippen molar-refractivity contribution in [2.75, 3.05) is 18.8 Å². The summed E-state index contributed by atoms with van der Waals surface area (Å²) >= 11 is 3.30. The Labute approximate surface area is 167 Å². The summed E-state index contributed by atoms with van der Waals surface area (Å²) in [5, 5.41) is 2.18. The van der Waals surface area contributed by atoms with E-state index in [1.807, 2.05) is 0 Å². The number of nitrogens with zero attached hydrogens (tertiary/aromatic N) is 1. The summed E-state index contributed by atoms with van der Waals surface area (Å²) in [5.74, 6) is -0.170. The Balaban J connectivity index is 1.78. The quantitative estimate of drug-likeness (QED) is 0.577. The third-order valence-electron chi connectivity index (χ3n) is 4.19. The summed E-state index contributed by atoms with van der Waals surface area (Å²) in [6, 6.07) is 9.03. The van der Waals surface area contributed by atoms with E-state index in [-0.39, 0.29) is 12.4 Å². The van der Waals surface area contributed by atoms with E-state index in [9.17, 15) is 14.4 Å². The number of hydrogen-bond donors (Lipinski definition) is 1. The maximum absolute atomic E-state index is 13.0. The molecule has 2 aliphatic rings. The zero-order chi connectivity index (χ0) is 19.8. The number of urea groups is 1. The Morgan fingerprint density at radius 1 is 1.14 bits per heavy atom. The van der Waals surface area contributed by atoms with Crippen molar-refractivity contribution >= 4 is 45.5 Å². The zero-order valence-corrected chi connectivity index (χ0v) is 16.1. The second kappa shape index (κ2) is 7.01. The van der Waals surface area contributed by atoms with Gasteiger partial charge in [0.15, 0.2) is 11.5 Å². The molecule has 0 aromatic heterocycles. The van der Waals surface area contributed by atoms with Crippen LogP contribution in [-0.4, -0.2) is 31.7 Å². The molecule has 0 unspecified atom stereocenters. The van der Waals surface area contributed by atoms with Crippen LogP contribution in [0.15, 0.2) is 46.4 Å². The topological polar surface area (TPSA) is 94.2 Å². The van der Waals surface area contributed by atoms with Gasteiger partial charge in [0.2, 0.25) is 6.79 Å². The molecule has 0 bridgehead atoms. The molecule has 0 spiro atoms. The molecule has 0 atom stereocenters. The van der Waals surface area contributed by atoms with Crippen LogP contribution in [0.3, 0.4) is 0 Å². The predicted octanol–water partition coefficient (Wildman–Crippen LogP) is 2.85. The first kappa shape index (κ1) is 18.1. The number of imide groups is 2. The first-order valence-corrected chi connectivity index (χ1v) is 8.92. The molecule has 9 heteroatoms. The minimum absolute atomic E-state index is 0.0725. The zero-order valence-electron chi connectivity index (χ0n) is 14.5. The van der Waals surface area contributed by atoms with Crippen molar-refractivity contribution in [3.8, 4) is 17.2 Å². The van der Waals surface area contributed by atoms with Crippen molar-refractivity contribution in [1.82, 2.24) is 5.32 Å². The number of carbonyl (C=O) groups excluding carboxylic acids is 3. The highest BCUT2D eigenvalue weighted by atomic mass is 79.9. The molecule has 2 aromatic carbocycles. The van der Waals surface area contributed by atoms with E-state index in [2.05, 4.69) is 21.2 Å². The van der Waals surface area contributed by atoms with Gasteiger partial charge in [0, 0.05) is 16.1 Å². The molecule has 1 N–H and O–H groups in total. The molecule has 0 radical (unpaired) electrons. The molecule has 2 aliphatic heterocycles. The third-order valence-corrected chi connectivity index (χ3v) is 4.69. The lowest BCUT2D eigenvalue weighted by Gasteiger charge is -2.26. The van der Waals surface area contributed by atoms with Crippen LogP contribution in [0, 0.1) is 0 Å². The minimum Gasteiger partial charge on any atom is -0.496 e. The molecule has 0 aliphatic carbocycles. The number of hydrogen-bond acceptors (Lipinski definition) is 6. The van der Waals surface area contributed by atoms with Crippen LogP contribution in [-0.2, 0) is 9.59 Å². The van der Waals surface area contributed by atoms with Gasteiger partial charge >= 0.3 is 6.03 Å². The lowest BCUT2D eigenvalue weighted by Crippen LogP contribution is -2.54. The molecule has 4 rings (SSSR count). The number of benzene rings is 2. The van der Waals surface area contributed by atoms with Gasteiger partial charge in [-0.05, 0) is 30.3 Å². The number of carbonyl (C=O) groups is 3. The summed E-state index contributed by atoms with van der Waals surface area (Å²) < 4.78 is 16.6. The van der Waals surface area contributed by atoms with Crippen molar-refractivity contribution in [3.05, 3.63) is 52.0 Å². The van der Waals surface area contributed by atoms with Crippen LogP contribution >= 0.6 is 15.9 Å². The van der Waals surface area contributed by atoms with Crippen molar-refractivity contribution in [2.45, 2.75) is 0 Å². The molecule has 8 nitrogen and oxygen atoms in total. The van der Waals surface area contributed by atoms with Crippen molar-refractivity contribution < 1.29 is 28.6 Å². The number of halogens is 1. The van der Waals surface area contributed by atoms with Gasteiger partial charge in [-0.25, -0.2) is 9.69 Å². The van der Waals surface area contributed by atoms with Crippen LogP contribution in [0.25, 0.3) is 6.08 Å². The summed E-state index contributed by atoms with van der Waals surface area (Å²) in [7, 11) is 1.46. The first-order valence-electron chi connectivity index (χ1n) is 8.12. The Morgan fingerprint density at radius 3 is 2.61 bits per heavy atom. The van der Waals surface area contributed by atoms with Gasteiger partial charge in [0.25, 0.3) is 11.8 Å². The first-order chi connectivity index (χ1) is 13.5. The van der Waals surface area contributed by atoms with E-state index >= 15 is 0 Å². The van der Waals surface area contributed by atoms with Crippen LogP contribution in [0.1, 0.15) is 5.56 Å². The highest BCUT2D eigenvalue weighted by Gasteiger charge is 2.37. The van der Waals surface area contributed by atoms with Crippen LogP contribution in [0.5, 0.6) is 17.2 Å². The molecule has 2 aromatic rings. The maximum Gasteiger partial charge on any atom is 0.335 e. The average molecular weight is 445 g/mol. The van der Waals surface area contributed by atoms with Crippen molar-refractivity contribution in [2.24, 2.45) is 0 Å². The van der Waals surface area contributed by atoms with Crippen LogP contribution < -0.4 is 24.4 Å². The molecule has 28 heavy (non-hydrogen) atoms. The largest absolute Gasteiger partial charge is 0.496 e. The summed E-state index contributed by atoms with van der Waals surface area (Å²) in [4.78, 5) is 38.5. The average Bonchev–Trinajstić information content (AvgIpc) is 3.11. The lowest BCUT2D eigenvalue weighted by molar-refractivity contribution is -0.122. The van der Waals surface area contributed by atoms with E-state index in [4.69, 9.17) is 14.2 Å². The van der Waals surface area contributed by atoms with Crippen molar-refractivity contribution in [3.63, 3.8) is 0 Å². The maximum atomic E-state index is 13.0. The monoisotopic (exact) mass is 444 g/mol. The van der Waals surface area contributed by atoms with Gasteiger partial charge < -0.3 is 14.2 Å². The van der Waals surface area contributed by atoms with Gasteiger partial charge in [-0.2, -0.15) is 0 Å². The molecule has 1 fully saturated rings. The number of fused-ring (bicyclic) bond motifs is 1.